The van der Waals surface area contributed by atoms with Crippen molar-refractivity contribution >= 4 is 29.5 Å². The summed E-state index contributed by atoms with van der Waals surface area (Å²) in [6, 6.07) is 3.81. The van der Waals surface area contributed by atoms with Crippen molar-refractivity contribution in [2.45, 2.75) is 84.5 Å². The number of nitrogens with one attached hydrogen (secondary N) is 5. The number of ether oxygens (including phenoxy) is 1. The van der Waals surface area contributed by atoms with Gasteiger partial charge in [0.1, 0.15) is 23.9 Å². The predicted molar refractivity (Wildman–Crippen MR) is 167 cm³/mol. The van der Waals surface area contributed by atoms with Crippen LogP contribution in [0.4, 0.5) is 0 Å². The van der Waals surface area contributed by atoms with Gasteiger partial charge in [0.15, 0.2) is 0 Å². The van der Waals surface area contributed by atoms with Crippen molar-refractivity contribution in [1.82, 2.24) is 31.5 Å². The van der Waals surface area contributed by atoms with Crippen molar-refractivity contribution in [3.05, 3.63) is 29.8 Å². The molecule has 5 atom stereocenters. The van der Waals surface area contributed by atoms with E-state index in [-0.39, 0.29) is 43.2 Å². The number of nitrogens with zero attached hydrogens (tertiary/aromatic N) is 1. The van der Waals surface area contributed by atoms with E-state index in [2.05, 4.69) is 26.6 Å². The standard InChI is InChI=1S/C32H50N6O6/c1-19(2)14-25-31(42)36-26(15-22-9-11-24(44-6)12-10-22)30(41)34-21(5)29(40)37-27(20(3)4)17-38(18-28(39)35-25)32(43)23-8-7-13-33-16-23/h9-12,19-21,23,25-27,33H,7-8,13-18H2,1-6H3,(H,34,41)(H,35,39)(H,36,42)(H,37,40)/t21-,23+,25+,26+,27-/m1/s1. The van der Waals surface area contributed by atoms with Gasteiger partial charge in [-0.2, -0.15) is 0 Å². The Bertz CT molecular complexity index is 1150. The molecule has 1 aromatic rings. The lowest BCUT2D eigenvalue weighted by molar-refractivity contribution is -0.141. The maximum absolute atomic E-state index is 13.7. The summed E-state index contributed by atoms with van der Waals surface area (Å²) < 4.78 is 5.23. The van der Waals surface area contributed by atoms with E-state index in [1.165, 1.54) is 4.90 Å². The van der Waals surface area contributed by atoms with Crippen LogP contribution < -0.4 is 31.3 Å². The number of amides is 5. The lowest BCUT2D eigenvalue weighted by atomic mass is 9.96. The molecule has 2 heterocycles. The van der Waals surface area contributed by atoms with Crippen LogP contribution in [0.15, 0.2) is 24.3 Å². The zero-order valence-corrected chi connectivity index (χ0v) is 26.9. The van der Waals surface area contributed by atoms with Gasteiger partial charge in [0, 0.05) is 25.6 Å². The van der Waals surface area contributed by atoms with Gasteiger partial charge in [-0.15, -0.1) is 0 Å². The van der Waals surface area contributed by atoms with Gasteiger partial charge in [0.05, 0.1) is 19.6 Å². The molecule has 0 saturated carbocycles. The number of carbonyl (C=O) groups excluding carboxylic acids is 5. The molecular weight excluding hydrogens is 564 g/mol. The number of benzene rings is 1. The molecule has 2 saturated heterocycles. The molecule has 2 fully saturated rings. The number of piperidine rings is 1. The molecule has 12 nitrogen and oxygen atoms in total. The summed E-state index contributed by atoms with van der Waals surface area (Å²) in [4.78, 5) is 69.1. The lowest BCUT2D eigenvalue weighted by Gasteiger charge is -2.34. The molecule has 0 aliphatic carbocycles. The molecule has 2 aliphatic heterocycles. The van der Waals surface area contributed by atoms with Crippen molar-refractivity contribution in [3.8, 4) is 5.75 Å². The number of carbonyl (C=O) groups is 5. The summed E-state index contributed by atoms with van der Waals surface area (Å²) in [7, 11) is 1.56. The second kappa shape index (κ2) is 16.4. The lowest BCUT2D eigenvalue weighted by Crippen LogP contribution is -2.57. The van der Waals surface area contributed by atoms with Gasteiger partial charge in [0.25, 0.3) is 0 Å². The van der Waals surface area contributed by atoms with E-state index < -0.39 is 47.8 Å². The highest BCUT2D eigenvalue weighted by Gasteiger charge is 2.34. The summed E-state index contributed by atoms with van der Waals surface area (Å²) in [5, 5.41) is 14.6. The van der Waals surface area contributed by atoms with Crippen LogP contribution in [0.25, 0.3) is 0 Å². The summed E-state index contributed by atoms with van der Waals surface area (Å²) >= 11 is 0. The Hall–Kier alpha value is -3.67. The molecule has 0 bridgehead atoms. The maximum Gasteiger partial charge on any atom is 0.243 e. The summed E-state index contributed by atoms with van der Waals surface area (Å²) in [5.41, 5.74) is 0.775. The Morgan fingerprint density at radius 2 is 1.61 bits per heavy atom. The average Bonchev–Trinajstić information content (AvgIpc) is 2.99. The average molecular weight is 615 g/mol. The normalized spacial score (nSPS) is 26.2. The van der Waals surface area contributed by atoms with Crippen LogP contribution in [0.2, 0.25) is 0 Å². The first kappa shape index (κ1) is 34.8. The zero-order chi connectivity index (χ0) is 32.4. The Balaban J connectivity index is 1.95. The minimum absolute atomic E-state index is 0.0558. The molecule has 1 aromatic carbocycles. The molecule has 12 heteroatoms. The number of hydrogen-bond acceptors (Lipinski definition) is 7. The predicted octanol–water partition coefficient (Wildman–Crippen LogP) is 0.741. The highest BCUT2D eigenvalue weighted by atomic mass is 16.5. The van der Waals surface area contributed by atoms with E-state index in [0.29, 0.717) is 25.1 Å². The van der Waals surface area contributed by atoms with E-state index >= 15 is 0 Å². The summed E-state index contributed by atoms with van der Waals surface area (Å²) in [6.07, 6.45) is 2.05. The van der Waals surface area contributed by atoms with Crippen molar-refractivity contribution < 1.29 is 28.7 Å². The molecule has 0 unspecified atom stereocenters. The van der Waals surface area contributed by atoms with E-state index in [9.17, 15) is 24.0 Å². The molecule has 244 valence electrons. The number of hydrogen-bond donors (Lipinski definition) is 5. The van der Waals surface area contributed by atoms with Crippen LogP contribution in [-0.2, 0) is 30.4 Å². The molecule has 0 spiro atoms. The minimum Gasteiger partial charge on any atom is -0.497 e. The quantitative estimate of drug-likeness (QED) is 0.303. The van der Waals surface area contributed by atoms with E-state index in [1.807, 2.05) is 27.7 Å². The molecule has 3 rings (SSSR count). The molecular formula is C32H50N6O6. The first-order valence-corrected chi connectivity index (χ1v) is 15.7. The second-order valence-corrected chi connectivity index (χ2v) is 12.7. The van der Waals surface area contributed by atoms with Crippen molar-refractivity contribution in [2.24, 2.45) is 17.8 Å². The second-order valence-electron chi connectivity index (χ2n) is 12.7. The third-order valence-corrected chi connectivity index (χ3v) is 8.18. The van der Waals surface area contributed by atoms with Crippen LogP contribution in [0.1, 0.15) is 59.4 Å². The van der Waals surface area contributed by atoms with Crippen molar-refractivity contribution in [3.63, 3.8) is 0 Å². The van der Waals surface area contributed by atoms with E-state index in [0.717, 1.165) is 18.5 Å². The molecule has 0 radical (unpaired) electrons. The van der Waals surface area contributed by atoms with Gasteiger partial charge in [-0.1, -0.05) is 39.8 Å². The maximum atomic E-state index is 13.7. The van der Waals surface area contributed by atoms with Crippen molar-refractivity contribution in [1.29, 1.82) is 0 Å². The fourth-order valence-electron chi connectivity index (χ4n) is 5.50. The molecule has 44 heavy (non-hydrogen) atoms. The smallest absolute Gasteiger partial charge is 0.243 e. The monoisotopic (exact) mass is 614 g/mol. The van der Waals surface area contributed by atoms with Gasteiger partial charge >= 0.3 is 0 Å². The molecule has 2 aliphatic rings. The molecule has 5 amide bonds. The number of methoxy groups -OCH3 is 1. The Morgan fingerprint density at radius 1 is 0.932 bits per heavy atom. The first-order valence-electron chi connectivity index (χ1n) is 15.7. The Morgan fingerprint density at radius 3 is 2.20 bits per heavy atom. The number of rotatable bonds is 7. The van der Waals surface area contributed by atoms with Gasteiger partial charge in [-0.05, 0) is 62.3 Å². The van der Waals surface area contributed by atoms with Crippen LogP contribution in [0.5, 0.6) is 5.75 Å². The van der Waals surface area contributed by atoms with E-state index in [1.54, 1.807) is 38.3 Å². The topological polar surface area (TPSA) is 158 Å². The van der Waals surface area contributed by atoms with Crippen molar-refractivity contribution in [2.75, 3.05) is 33.3 Å². The fraction of sp³-hybridized carbons (Fsp3) is 0.656. The largest absolute Gasteiger partial charge is 0.497 e. The summed E-state index contributed by atoms with van der Waals surface area (Å²) in [5.74, 6) is -1.74. The highest BCUT2D eigenvalue weighted by molar-refractivity contribution is 5.95. The fourth-order valence-corrected chi connectivity index (χ4v) is 5.50. The van der Waals surface area contributed by atoms with Gasteiger partial charge < -0.3 is 36.2 Å². The van der Waals surface area contributed by atoms with Crippen LogP contribution in [0.3, 0.4) is 0 Å². The summed E-state index contributed by atoms with van der Waals surface area (Å²) in [6.45, 7) is 10.5. The van der Waals surface area contributed by atoms with Crippen LogP contribution in [-0.4, -0.2) is 91.9 Å². The highest BCUT2D eigenvalue weighted by Crippen LogP contribution is 2.17. The van der Waals surface area contributed by atoms with Gasteiger partial charge in [-0.25, -0.2) is 0 Å². The molecule has 5 N–H and O–H groups in total. The Kier molecular flexibility index (Phi) is 13.0. The zero-order valence-electron chi connectivity index (χ0n) is 26.9. The molecule has 0 aromatic heterocycles. The van der Waals surface area contributed by atoms with Gasteiger partial charge in [0.2, 0.25) is 29.5 Å². The Labute approximate surface area is 260 Å². The first-order chi connectivity index (χ1) is 20.9. The third-order valence-electron chi connectivity index (χ3n) is 8.18. The van der Waals surface area contributed by atoms with Crippen LogP contribution in [0, 0.1) is 17.8 Å². The van der Waals surface area contributed by atoms with Gasteiger partial charge in [-0.3, -0.25) is 24.0 Å². The SMILES string of the molecule is COc1ccc(C[C@@H]2NC(=O)[C@H](CC(C)C)NC(=O)CN(C(=O)[C@H]3CCCNC3)C[C@H](C(C)C)NC(=O)[C@@H](C)NC2=O)cc1. The van der Waals surface area contributed by atoms with Crippen LogP contribution >= 0.6 is 0 Å². The van der Waals surface area contributed by atoms with E-state index in [4.69, 9.17) is 4.74 Å². The minimum atomic E-state index is -1.01. The third kappa shape index (κ3) is 10.2.